The van der Waals surface area contributed by atoms with E-state index in [1.54, 1.807) is 7.11 Å². The van der Waals surface area contributed by atoms with Crippen LogP contribution in [0.15, 0.2) is 36.4 Å². The van der Waals surface area contributed by atoms with Crippen LogP contribution < -0.4 is 20.3 Å². The van der Waals surface area contributed by atoms with Crippen LogP contribution in [-0.4, -0.2) is 67.2 Å². The van der Waals surface area contributed by atoms with Gasteiger partial charge in [-0.25, -0.2) is 4.39 Å². The van der Waals surface area contributed by atoms with E-state index >= 15 is 4.39 Å². The molecule has 2 fully saturated rings. The summed E-state index contributed by atoms with van der Waals surface area (Å²) in [5.74, 6) is -2.60. The maximum Gasteiger partial charge on any atom is 0.262 e. The number of imide groups is 2. The maximum atomic E-state index is 15.2. The van der Waals surface area contributed by atoms with Gasteiger partial charge in [0, 0.05) is 26.1 Å². The second-order valence-electron chi connectivity index (χ2n) is 10.9. The van der Waals surface area contributed by atoms with Crippen LogP contribution >= 0.6 is 0 Å². The summed E-state index contributed by atoms with van der Waals surface area (Å²) in [5, 5.41) is 5.17. The van der Waals surface area contributed by atoms with Crippen molar-refractivity contribution >= 4 is 35.2 Å². The average molecular weight is 551 g/mol. The van der Waals surface area contributed by atoms with E-state index < -0.39 is 35.5 Å². The molecule has 1 atom stereocenters. The largest absolute Gasteiger partial charge is 0.497 e. The Kier molecular flexibility index (Phi) is 7.31. The Morgan fingerprint density at radius 1 is 1.10 bits per heavy atom. The van der Waals surface area contributed by atoms with Gasteiger partial charge in [0.1, 0.15) is 17.6 Å². The number of nitrogens with zero attached hydrogens (tertiary/aromatic N) is 2. The van der Waals surface area contributed by atoms with Gasteiger partial charge in [-0.1, -0.05) is 19.1 Å². The molecule has 0 saturated carbocycles. The van der Waals surface area contributed by atoms with E-state index in [0.29, 0.717) is 38.2 Å². The van der Waals surface area contributed by atoms with E-state index in [0.717, 1.165) is 16.5 Å². The number of anilines is 1. The van der Waals surface area contributed by atoms with Crippen molar-refractivity contribution in [3.05, 3.63) is 58.9 Å². The zero-order chi connectivity index (χ0) is 28.6. The fraction of sp³-hybridized carbons (Fsp3) is 0.414. The van der Waals surface area contributed by atoms with Crippen LogP contribution in [0.2, 0.25) is 0 Å². The van der Waals surface area contributed by atoms with Crippen molar-refractivity contribution in [2.45, 2.75) is 45.1 Å². The lowest BCUT2D eigenvalue weighted by molar-refractivity contribution is -0.136. The third-order valence-corrected chi connectivity index (χ3v) is 8.03. The molecule has 2 saturated heterocycles. The molecule has 0 aliphatic carbocycles. The normalized spacial score (nSPS) is 20.3. The lowest BCUT2D eigenvalue weighted by Gasteiger charge is -2.40. The number of fused-ring (bicyclic) bond motifs is 1. The van der Waals surface area contributed by atoms with Crippen LogP contribution in [0, 0.1) is 11.2 Å². The standard InChI is InChI=1S/C29H31FN4O6/c1-29(16-31-25(36)13-17-4-3-5-18(12-17)40-2)8-10-33(11-9-29)23-15-20-19(14-21(23)30)27(38)34(28(20)39)22-6-7-24(35)32-26(22)37/h3-5,12,14-15,22H,6-11,13,16H2,1-2H3,(H,31,36)(H,32,35,37). The number of carbonyl (C=O) groups excluding carboxylic acids is 5. The third kappa shape index (κ3) is 5.28. The number of ether oxygens (including phenoxy) is 1. The van der Waals surface area contributed by atoms with Crippen molar-refractivity contribution in [3.8, 4) is 5.75 Å². The number of amides is 5. The second kappa shape index (κ2) is 10.7. The fourth-order valence-corrected chi connectivity index (χ4v) is 5.53. The molecule has 210 valence electrons. The summed E-state index contributed by atoms with van der Waals surface area (Å²) in [4.78, 5) is 65.1. The molecule has 1 unspecified atom stereocenters. The molecule has 0 bridgehead atoms. The van der Waals surface area contributed by atoms with Gasteiger partial charge in [-0.05, 0) is 54.5 Å². The minimum atomic E-state index is -1.11. The molecule has 0 aromatic heterocycles. The first-order valence-electron chi connectivity index (χ1n) is 13.3. The van der Waals surface area contributed by atoms with E-state index in [2.05, 4.69) is 17.6 Å². The Morgan fingerprint density at radius 3 is 2.48 bits per heavy atom. The SMILES string of the molecule is COc1cccc(CC(=O)NCC2(C)CCN(c3cc4c(cc3F)C(=O)N(C3CCC(=O)NC3=O)C4=O)CC2)c1. The van der Waals surface area contributed by atoms with Crippen molar-refractivity contribution in [2.24, 2.45) is 5.41 Å². The van der Waals surface area contributed by atoms with Gasteiger partial charge in [-0.2, -0.15) is 0 Å². The molecule has 5 rings (SSSR count). The number of hydrogen-bond donors (Lipinski definition) is 2. The summed E-state index contributed by atoms with van der Waals surface area (Å²) in [6.45, 7) is 3.55. The van der Waals surface area contributed by atoms with E-state index in [1.807, 2.05) is 29.2 Å². The predicted octanol–water partition coefficient (Wildman–Crippen LogP) is 2.20. The summed E-state index contributed by atoms with van der Waals surface area (Å²) < 4.78 is 20.4. The first kappa shape index (κ1) is 27.3. The highest BCUT2D eigenvalue weighted by Gasteiger charge is 2.45. The molecule has 3 heterocycles. The highest BCUT2D eigenvalue weighted by atomic mass is 19.1. The molecule has 3 aliphatic heterocycles. The van der Waals surface area contributed by atoms with Crippen molar-refractivity contribution < 1.29 is 33.1 Å². The van der Waals surface area contributed by atoms with Crippen molar-refractivity contribution in [2.75, 3.05) is 31.6 Å². The van der Waals surface area contributed by atoms with Gasteiger partial charge >= 0.3 is 0 Å². The zero-order valence-electron chi connectivity index (χ0n) is 22.4. The highest BCUT2D eigenvalue weighted by Crippen LogP contribution is 2.37. The van der Waals surface area contributed by atoms with Crippen LogP contribution in [-0.2, 0) is 20.8 Å². The Hall–Kier alpha value is -4.28. The minimum absolute atomic E-state index is 0.0113. The van der Waals surface area contributed by atoms with E-state index in [1.165, 1.54) is 6.07 Å². The molecule has 10 nitrogen and oxygen atoms in total. The van der Waals surface area contributed by atoms with Gasteiger partial charge in [0.15, 0.2) is 0 Å². The molecular weight excluding hydrogens is 519 g/mol. The molecular formula is C29H31FN4O6. The first-order chi connectivity index (χ1) is 19.1. The number of halogens is 1. The van der Waals surface area contributed by atoms with Gasteiger partial charge in [0.2, 0.25) is 17.7 Å². The van der Waals surface area contributed by atoms with Crippen LogP contribution in [0.4, 0.5) is 10.1 Å². The molecule has 3 aliphatic rings. The molecule has 2 aromatic rings. The van der Waals surface area contributed by atoms with Crippen molar-refractivity contribution in [1.29, 1.82) is 0 Å². The topological polar surface area (TPSA) is 125 Å². The molecule has 2 aromatic carbocycles. The van der Waals surface area contributed by atoms with E-state index in [-0.39, 0.29) is 47.4 Å². The summed E-state index contributed by atoms with van der Waals surface area (Å²) in [6.07, 6.45) is 1.64. The summed E-state index contributed by atoms with van der Waals surface area (Å²) in [5.41, 5.74) is 0.838. The van der Waals surface area contributed by atoms with Crippen LogP contribution in [0.3, 0.4) is 0 Å². The van der Waals surface area contributed by atoms with E-state index in [9.17, 15) is 24.0 Å². The Morgan fingerprint density at radius 2 is 1.80 bits per heavy atom. The Balaban J connectivity index is 1.21. The summed E-state index contributed by atoms with van der Waals surface area (Å²) in [7, 11) is 1.58. The summed E-state index contributed by atoms with van der Waals surface area (Å²) >= 11 is 0. The number of rotatable bonds is 7. The quantitative estimate of drug-likeness (QED) is 0.507. The summed E-state index contributed by atoms with van der Waals surface area (Å²) in [6, 6.07) is 8.70. The molecule has 0 spiro atoms. The smallest absolute Gasteiger partial charge is 0.262 e. The zero-order valence-corrected chi connectivity index (χ0v) is 22.4. The molecule has 40 heavy (non-hydrogen) atoms. The van der Waals surface area contributed by atoms with Crippen LogP contribution in [0.25, 0.3) is 0 Å². The van der Waals surface area contributed by atoms with Crippen LogP contribution in [0.1, 0.15) is 58.9 Å². The number of methoxy groups -OCH3 is 1. The molecule has 11 heteroatoms. The van der Waals surface area contributed by atoms with Gasteiger partial charge in [-0.3, -0.25) is 34.2 Å². The third-order valence-electron chi connectivity index (χ3n) is 8.03. The fourth-order valence-electron chi connectivity index (χ4n) is 5.53. The van der Waals surface area contributed by atoms with Crippen molar-refractivity contribution in [3.63, 3.8) is 0 Å². The number of benzene rings is 2. The molecule has 2 N–H and O–H groups in total. The Labute approximate surface area is 230 Å². The lowest BCUT2D eigenvalue weighted by atomic mass is 9.80. The number of carbonyl (C=O) groups is 5. The van der Waals surface area contributed by atoms with Crippen LogP contribution in [0.5, 0.6) is 5.75 Å². The number of nitrogens with one attached hydrogen (secondary N) is 2. The highest BCUT2D eigenvalue weighted by molar-refractivity contribution is 6.23. The molecule has 5 amide bonds. The monoisotopic (exact) mass is 550 g/mol. The second-order valence-corrected chi connectivity index (χ2v) is 10.9. The average Bonchev–Trinajstić information content (AvgIpc) is 3.16. The van der Waals surface area contributed by atoms with Gasteiger partial charge in [0.05, 0.1) is 30.3 Å². The predicted molar refractivity (Wildman–Crippen MR) is 142 cm³/mol. The number of hydrogen-bond acceptors (Lipinski definition) is 7. The number of piperidine rings is 2. The minimum Gasteiger partial charge on any atom is -0.497 e. The lowest BCUT2D eigenvalue weighted by Crippen LogP contribution is -2.54. The van der Waals surface area contributed by atoms with Gasteiger partial charge < -0.3 is 15.0 Å². The van der Waals surface area contributed by atoms with Gasteiger partial charge in [0.25, 0.3) is 11.8 Å². The van der Waals surface area contributed by atoms with E-state index in [4.69, 9.17) is 4.74 Å². The maximum absolute atomic E-state index is 15.2. The van der Waals surface area contributed by atoms with Gasteiger partial charge in [-0.15, -0.1) is 0 Å². The Bertz CT molecular complexity index is 1400. The first-order valence-corrected chi connectivity index (χ1v) is 13.3. The molecule has 0 radical (unpaired) electrons. The van der Waals surface area contributed by atoms with Crippen molar-refractivity contribution in [1.82, 2.24) is 15.5 Å².